The first kappa shape index (κ1) is 15.9. The highest BCUT2D eigenvalue weighted by Gasteiger charge is 2.34. The van der Waals surface area contributed by atoms with E-state index in [0.717, 1.165) is 0 Å². The van der Waals surface area contributed by atoms with Crippen molar-refractivity contribution in [3.8, 4) is 0 Å². The predicted molar refractivity (Wildman–Crippen MR) is 62.2 cm³/mol. The number of carbonyl (C=O) groups is 2. The zero-order valence-corrected chi connectivity index (χ0v) is 11.1. The number of ether oxygens (including phenoxy) is 1. The van der Waals surface area contributed by atoms with E-state index in [4.69, 9.17) is 10.5 Å². The van der Waals surface area contributed by atoms with E-state index in [2.05, 4.69) is 0 Å². The summed E-state index contributed by atoms with van der Waals surface area (Å²) in [4.78, 5) is 23.1. The van der Waals surface area contributed by atoms with Crippen LogP contribution in [-0.4, -0.2) is 40.3 Å². The molecule has 0 aromatic heterocycles. The van der Waals surface area contributed by atoms with Gasteiger partial charge in [-0.3, -0.25) is 10.0 Å². The van der Waals surface area contributed by atoms with Crippen molar-refractivity contribution in [2.45, 2.75) is 46.3 Å². The lowest BCUT2D eigenvalue weighted by molar-refractivity contribution is -0.196. The molecule has 0 bridgehead atoms. The number of nitrogens with zero attached hydrogens (tertiary/aromatic N) is 1. The molecule has 0 spiro atoms. The molecule has 0 radical (unpaired) electrons. The fourth-order valence-electron chi connectivity index (χ4n) is 1.27. The zero-order chi connectivity index (χ0) is 13.8. The predicted octanol–water partition coefficient (Wildman–Crippen LogP) is 0.529. The van der Waals surface area contributed by atoms with Crippen molar-refractivity contribution in [3.63, 3.8) is 0 Å². The highest BCUT2D eigenvalue weighted by molar-refractivity contribution is 5.84. The normalized spacial score (nSPS) is 13.4. The van der Waals surface area contributed by atoms with E-state index in [1.54, 1.807) is 34.6 Å². The summed E-state index contributed by atoms with van der Waals surface area (Å²) < 4.78 is 5.14. The lowest BCUT2D eigenvalue weighted by Crippen LogP contribution is -2.50. The molecule has 6 nitrogen and oxygen atoms in total. The number of hydroxylamine groups is 2. The molecule has 3 N–H and O–H groups in total. The molecule has 17 heavy (non-hydrogen) atoms. The van der Waals surface area contributed by atoms with Crippen molar-refractivity contribution in [2.75, 3.05) is 6.54 Å². The van der Waals surface area contributed by atoms with Crippen LogP contribution in [0.4, 0.5) is 0 Å². The monoisotopic (exact) mass is 246 g/mol. The number of hydrogen-bond donors (Lipinski definition) is 2. The SMILES string of the molecule is CC(C)C(C(=O)OC(C)(C)C)N(O)C(=O)CN. The van der Waals surface area contributed by atoms with Crippen LogP contribution < -0.4 is 5.73 Å². The molecular formula is C11H22N2O4. The summed E-state index contributed by atoms with van der Waals surface area (Å²) in [5.74, 6) is -1.63. The molecule has 0 saturated heterocycles. The van der Waals surface area contributed by atoms with Gasteiger partial charge in [0.25, 0.3) is 5.91 Å². The molecule has 0 aromatic carbocycles. The molecular weight excluding hydrogens is 224 g/mol. The Morgan fingerprint density at radius 2 is 1.82 bits per heavy atom. The van der Waals surface area contributed by atoms with Crippen molar-refractivity contribution in [2.24, 2.45) is 11.7 Å². The fourth-order valence-corrected chi connectivity index (χ4v) is 1.27. The van der Waals surface area contributed by atoms with E-state index < -0.39 is 23.5 Å². The summed E-state index contributed by atoms with van der Waals surface area (Å²) in [6, 6.07) is -1.04. The lowest BCUT2D eigenvalue weighted by atomic mass is 10.0. The van der Waals surface area contributed by atoms with E-state index in [0.29, 0.717) is 5.06 Å². The highest BCUT2D eigenvalue weighted by Crippen LogP contribution is 2.16. The molecule has 0 aliphatic rings. The number of rotatable bonds is 4. The van der Waals surface area contributed by atoms with Gasteiger partial charge in [-0.2, -0.15) is 0 Å². The van der Waals surface area contributed by atoms with Crippen LogP contribution >= 0.6 is 0 Å². The van der Waals surface area contributed by atoms with Crippen LogP contribution in [0, 0.1) is 5.92 Å². The van der Waals surface area contributed by atoms with Crippen LogP contribution in [0.5, 0.6) is 0 Å². The molecule has 0 saturated carbocycles. The van der Waals surface area contributed by atoms with Crippen LogP contribution in [-0.2, 0) is 14.3 Å². The van der Waals surface area contributed by atoms with Gasteiger partial charge in [0.05, 0.1) is 6.54 Å². The van der Waals surface area contributed by atoms with Gasteiger partial charge in [-0.05, 0) is 26.7 Å². The third kappa shape index (κ3) is 5.14. The van der Waals surface area contributed by atoms with Crippen molar-refractivity contribution in [1.29, 1.82) is 0 Å². The molecule has 6 heteroatoms. The third-order valence-corrected chi connectivity index (χ3v) is 1.97. The van der Waals surface area contributed by atoms with E-state index in [1.807, 2.05) is 0 Å². The third-order valence-electron chi connectivity index (χ3n) is 1.97. The Labute approximate surface area is 102 Å². The second-order valence-corrected chi connectivity index (χ2v) is 5.16. The topological polar surface area (TPSA) is 92.9 Å². The maximum atomic E-state index is 11.8. The van der Waals surface area contributed by atoms with Crippen molar-refractivity contribution < 1.29 is 19.5 Å². The van der Waals surface area contributed by atoms with E-state index in [-0.39, 0.29) is 12.5 Å². The largest absolute Gasteiger partial charge is 0.458 e. The van der Waals surface area contributed by atoms with Crippen LogP contribution in [0.25, 0.3) is 0 Å². The Balaban J connectivity index is 4.86. The zero-order valence-electron chi connectivity index (χ0n) is 11.1. The average Bonchev–Trinajstić information content (AvgIpc) is 2.12. The van der Waals surface area contributed by atoms with Gasteiger partial charge in [0.15, 0.2) is 6.04 Å². The Bertz CT molecular complexity index is 284. The van der Waals surface area contributed by atoms with Crippen molar-refractivity contribution in [1.82, 2.24) is 5.06 Å². The van der Waals surface area contributed by atoms with Crippen LogP contribution in [0.2, 0.25) is 0 Å². The van der Waals surface area contributed by atoms with Gasteiger partial charge in [0, 0.05) is 0 Å². The van der Waals surface area contributed by atoms with Crippen molar-refractivity contribution in [3.05, 3.63) is 0 Å². The first-order valence-electron chi connectivity index (χ1n) is 5.54. The van der Waals surface area contributed by atoms with Gasteiger partial charge in [-0.15, -0.1) is 0 Å². The van der Waals surface area contributed by atoms with Gasteiger partial charge < -0.3 is 10.5 Å². The molecule has 0 heterocycles. The summed E-state index contributed by atoms with van der Waals surface area (Å²) in [6.07, 6.45) is 0. The first-order chi connectivity index (χ1) is 7.60. The Hall–Kier alpha value is -1.14. The minimum atomic E-state index is -1.04. The summed E-state index contributed by atoms with van der Waals surface area (Å²) in [6.45, 7) is 8.21. The molecule has 1 atom stereocenters. The Morgan fingerprint density at radius 3 is 2.12 bits per heavy atom. The molecule has 1 amide bonds. The minimum absolute atomic E-state index is 0.273. The Kier molecular flexibility index (Phi) is 5.57. The van der Waals surface area contributed by atoms with Crippen LogP contribution in [0.3, 0.4) is 0 Å². The maximum Gasteiger partial charge on any atom is 0.332 e. The van der Waals surface area contributed by atoms with E-state index in [9.17, 15) is 14.8 Å². The van der Waals surface area contributed by atoms with Gasteiger partial charge in [0.1, 0.15) is 5.60 Å². The van der Waals surface area contributed by atoms with E-state index >= 15 is 0 Å². The minimum Gasteiger partial charge on any atom is -0.458 e. The quantitative estimate of drug-likeness (QED) is 0.429. The number of hydrogen-bond acceptors (Lipinski definition) is 5. The summed E-state index contributed by atoms with van der Waals surface area (Å²) in [7, 11) is 0. The van der Waals surface area contributed by atoms with Gasteiger partial charge >= 0.3 is 5.97 Å². The van der Waals surface area contributed by atoms with Gasteiger partial charge in [-0.1, -0.05) is 13.8 Å². The smallest absolute Gasteiger partial charge is 0.332 e. The number of esters is 1. The summed E-state index contributed by atoms with van der Waals surface area (Å²) in [5, 5.41) is 9.98. The fraction of sp³-hybridized carbons (Fsp3) is 0.818. The molecule has 0 rings (SSSR count). The average molecular weight is 246 g/mol. The molecule has 0 aliphatic heterocycles. The molecule has 100 valence electrons. The molecule has 0 fully saturated rings. The van der Waals surface area contributed by atoms with Gasteiger partial charge in [0.2, 0.25) is 0 Å². The number of nitrogens with two attached hydrogens (primary N) is 1. The maximum absolute atomic E-state index is 11.8. The first-order valence-corrected chi connectivity index (χ1v) is 5.54. The molecule has 0 aromatic rings. The molecule has 1 unspecified atom stereocenters. The number of carbonyl (C=O) groups excluding carboxylic acids is 2. The van der Waals surface area contributed by atoms with Crippen molar-refractivity contribution >= 4 is 11.9 Å². The van der Waals surface area contributed by atoms with Crippen LogP contribution in [0.15, 0.2) is 0 Å². The standard InChI is InChI=1S/C11H22N2O4/c1-7(2)9(13(16)8(14)6-12)10(15)17-11(3,4)5/h7,9,16H,6,12H2,1-5H3. The lowest BCUT2D eigenvalue weighted by Gasteiger charge is -2.30. The van der Waals surface area contributed by atoms with Gasteiger partial charge in [-0.25, -0.2) is 9.86 Å². The number of amides is 1. The van der Waals surface area contributed by atoms with E-state index in [1.165, 1.54) is 0 Å². The second kappa shape index (κ2) is 5.97. The summed E-state index contributed by atoms with van der Waals surface area (Å²) in [5.41, 5.74) is 4.47. The summed E-state index contributed by atoms with van der Waals surface area (Å²) >= 11 is 0. The Morgan fingerprint density at radius 1 is 1.35 bits per heavy atom. The highest BCUT2D eigenvalue weighted by atomic mass is 16.6. The second-order valence-electron chi connectivity index (χ2n) is 5.16. The molecule has 0 aliphatic carbocycles. The van der Waals surface area contributed by atoms with Crippen LogP contribution in [0.1, 0.15) is 34.6 Å².